The van der Waals surface area contributed by atoms with Gasteiger partial charge in [0.2, 0.25) is 6.17 Å². The lowest BCUT2D eigenvalue weighted by atomic mass is 10.2. The highest BCUT2D eigenvalue weighted by molar-refractivity contribution is 5.83. The Morgan fingerprint density at radius 2 is 2.17 bits per heavy atom. The highest BCUT2D eigenvalue weighted by atomic mass is 16.7. The van der Waals surface area contributed by atoms with E-state index in [-0.39, 0.29) is 11.9 Å². The average molecular weight is 248 g/mol. The lowest BCUT2D eigenvalue weighted by Crippen LogP contribution is -2.60. The van der Waals surface area contributed by atoms with Crippen molar-refractivity contribution >= 4 is 12.2 Å². The van der Waals surface area contributed by atoms with Gasteiger partial charge in [0.1, 0.15) is 5.75 Å². The fourth-order valence-corrected chi connectivity index (χ4v) is 1.92. The van der Waals surface area contributed by atoms with Crippen LogP contribution < -0.4 is 5.32 Å². The van der Waals surface area contributed by atoms with E-state index in [0.717, 1.165) is 0 Å². The number of oxime groups is 1. The van der Waals surface area contributed by atoms with E-state index in [9.17, 15) is 5.11 Å². The highest BCUT2D eigenvalue weighted by Crippen LogP contribution is 2.13. The number of nitrogens with zero attached hydrogens (tertiary/aromatic N) is 2. The Labute approximate surface area is 106 Å². The first-order valence-corrected chi connectivity index (χ1v) is 6.00. The molecule has 1 aliphatic heterocycles. The molecule has 1 unspecified atom stereocenters. The Kier molecular flexibility index (Phi) is 3.50. The molecule has 96 valence electrons. The first-order chi connectivity index (χ1) is 8.59. The van der Waals surface area contributed by atoms with Crippen molar-refractivity contribution < 1.29 is 14.5 Å². The largest absolute Gasteiger partial charge is 0.507 e. The van der Waals surface area contributed by atoms with Gasteiger partial charge in [0, 0.05) is 12.5 Å². The molecule has 0 spiro atoms. The van der Waals surface area contributed by atoms with Gasteiger partial charge in [-0.05, 0) is 26.0 Å². The number of nitrogens with one attached hydrogen (secondary N) is 1. The molecular formula is C13H18N3O2+. The van der Waals surface area contributed by atoms with E-state index < -0.39 is 0 Å². The number of phenolic OH excluding ortho intramolecular Hbond substituents is 1. The third kappa shape index (κ3) is 2.45. The van der Waals surface area contributed by atoms with Gasteiger partial charge in [0.15, 0.2) is 0 Å². The number of rotatable bonds is 3. The summed E-state index contributed by atoms with van der Waals surface area (Å²) in [6.45, 7) is 6.24. The molecule has 5 nitrogen and oxygen atoms in total. The summed E-state index contributed by atoms with van der Waals surface area (Å²) in [5.41, 5.74) is 0.626. The second kappa shape index (κ2) is 5.08. The molecule has 1 aromatic carbocycles. The molecule has 1 aromatic rings. The van der Waals surface area contributed by atoms with Crippen LogP contribution in [0, 0.1) is 0 Å². The molecule has 0 fully saturated rings. The third-order valence-electron chi connectivity index (χ3n) is 2.81. The van der Waals surface area contributed by atoms with Crippen LogP contribution in [0.2, 0.25) is 0 Å². The van der Waals surface area contributed by atoms with Gasteiger partial charge in [-0.2, -0.15) is 9.89 Å². The van der Waals surface area contributed by atoms with Crippen LogP contribution in [-0.4, -0.2) is 34.1 Å². The topological polar surface area (TPSA) is 56.9 Å². The lowest BCUT2D eigenvalue weighted by Gasteiger charge is -2.25. The molecule has 1 heterocycles. The van der Waals surface area contributed by atoms with Crippen LogP contribution in [0.25, 0.3) is 0 Å². The van der Waals surface area contributed by atoms with Crippen molar-refractivity contribution in [3.05, 3.63) is 29.8 Å². The molecule has 0 radical (unpaired) electrons. The van der Waals surface area contributed by atoms with Crippen molar-refractivity contribution in [1.29, 1.82) is 0 Å². The quantitative estimate of drug-likeness (QED) is 0.484. The Morgan fingerprint density at radius 1 is 1.44 bits per heavy atom. The van der Waals surface area contributed by atoms with Crippen molar-refractivity contribution in [2.24, 2.45) is 5.16 Å². The minimum absolute atomic E-state index is 0.186. The van der Waals surface area contributed by atoms with Gasteiger partial charge in [-0.3, -0.25) is 4.84 Å². The molecule has 2 rings (SSSR count). The van der Waals surface area contributed by atoms with E-state index in [0.29, 0.717) is 17.6 Å². The van der Waals surface area contributed by atoms with Gasteiger partial charge in [-0.25, -0.2) is 0 Å². The second-order valence-corrected chi connectivity index (χ2v) is 4.51. The molecule has 0 aromatic heterocycles. The Morgan fingerprint density at radius 3 is 2.78 bits per heavy atom. The Balaban J connectivity index is 2.03. The average Bonchev–Trinajstić information content (AvgIpc) is 2.29. The first kappa shape index (κ1) is 12.4. The van der Waals surface area contributed by atoms with Crippen LogP contribution >= 0.6 is 0 Å². The van der Waals surface area contributed by atoms with E-state index >= 15 is 0 Å². The molecule has 0 saturated heterocycles. The van der Waals surface area contributed by atoms with Crippen LogP contribution in [0.15, 0.2) is 29.4 Å². The van der Waals surface area contributed by atoms with Crippen LogP contribution in [0.5, 0.6) is 5.75 Å². The van der Waals surface area contributed by atoms with Gasteiger partial charge < -0.3 is 5.11 Å². The number of para-hydroxylation sites is 1. The third-order valence-corrected chi connectivity index (χ3v) is 2.81. The molecule has 0 amide bonds. The summed E-state index contributed by atoms with van der Waals surface area (Å²) >= 11 is 0. The molecule has 1 aliphatic rings. The molecule has 2 N–H and O–H groups in total. The van der Waals surface area contributed by atoms with Gasteiger partial charge >= 0.3 is 6.02 Å². The van der Waals surface area contributed by atoms with Crippen molar-refractivity contribution in [1.82, 2.24) is 5.32 Å². The van der Waals surface area contributed by atoms with Crippen LogP contribution in [-0.2, 0) is 4.84 Å². The summed E-state index contributed by atoms with van der Waals surface area (Å²) in [5, 5.41) is 16.5. The van der Waals surface area contributed by atoms with E-state index in [2.05, 4.69) is 35.8 Å². The summed E-state index contributed by atoms with van der Waals surface area (Å²) in [6.07, 6.45) is 1.76. The summed E-state index contributed by atoms with van der Waals surface area (Å²) in [7, 11) is 0. The summed E-state index contributed by atoms with van der Waals surface area (Å²) in [5.74, 6) is 0.186. The van der Waals surface area contributed by atoms with E-state index in [1.54, 1.807) is 18.2 Å². The standard InChI is InChI=1S/C13H17N3O2/c1-9(2)16-10(3)15-13(16)18-14-8-11-6-4-5-7-12(11)17/h4-10H,1-3H3,(H,14,17)/p+1. The number of hydrogen-bond donors (Lipinski definition) is 2. The van der Waals surface area contributed by atoms with Gasteiger partial charge in [-0.1, -0.05) is 17.3 Å². The fourth-order valence-electron chi connectivity index (χ4n) is 1.92. The first-order valence-electron chi connectivity index (χ1n) is 6.00. The fraction of sp³-hybridized carbons (Fsp3) is 0.385. The van der Waals surface area contributed by atoms with Crippen molar-refractivity contribution in [3.8, 4) is 5.75 Å². The zero-order valence-corrected chi connectivity index (χ0v) is 10.8. The lowest BCUT2D eigenvalue weighted by molar-refractivity contribution is -0.633. The van der Waals surface area contributed by atoms with Gasteiger partial charge in [-0.15, -0.1) is 0 Å². The van der Waals surface area contributed by atoms with E-state index in [4.69, 9.17) is 4.84 Å². The van der Waals surface area contributed by atoms with E-state index in [1.807, 2.05) is 6.07 Å². The Bertz CT molecular complexity index is 495. The number of aromatic hydroxyl groups is 1. The summed E-state index contributed by atoms with van der Waals surface area (Å²) in [4.78, 5) is 5.27. The smallest absolute Gasteiger partial charge is 0.477 e. The molecule has 5 heteroatoms. The molecule has 1 atom stereocenters. The molecule has 0 aliphatic carbocycles. The SMILES string of the molecule is CC(C)[N+]1=C(ON=Cc2ccccc2O)NC1C. The Hall–Kier alpha value is -2.04. The molecule has 0 bridgehead atoms. The predicted octanol–water partition coefficient (Wildman–Crippen LogP) is 1.47. The van der Waals surface area contributed by atoms with Crippen molar-refractivity contribution in [3.63, 3.8) is 0 Å². The number of benzene rings is 1. The van der Waals surface area contributed by atoms with Gasteiger partial charge in [0.05, 0.1) is 12.3 Å². The summed E-state index contributed by atoms with van der Waals surface area (Å²) in [6, 6.07) is 7.97. The number of hydrogen-bond acceptors (Lipinski definition) is 4. The van der Waals surface area contributed by atoms with Crippen molar-refractivity contribution in [2.45, 2.75) is 33.0 Å². The van der Waals surface area contributed by atoms with Crippen LogP contribution in [0.1, 0.15) is 26.3 Å². The zero-order chi connectivity index (χ0) is 13.1. The van der Waals surface area contributed by atoms with Crippen LogP contribution in [0.3, 0.4) is 0 Å². The predicted molar refractivity (Wildman–Crippen MR) is 69.8 cm³/mol. The maximum absolute atomic E-state index is 9.55. The van der Waals surface area contributed by atoms with Crippen LogP contribution in [0.4, 0.5) is 0 Å². The normalized spacial score (nSPS) is 19.0. The highest BCUT2D eigenvalue weighted by Gasteiger charge is 2.37. The van der Waals surface area contributed by atoms with E-state index in [1.165, 1.54) is 6.21 Å². The molecule has 18 heavy (non-hydrogen) atoms. The molecular weight excluding hydrogens is 230 g/mol. The maximum atomic E-state index is 9.55. The minimum Gasteiger partial charge on any atom is -0.507 e. The monoisotopic (exact) mass is 248 g/mol. The second-order valence-electron chi connectivity index (χ2n) is 4.51. The number of amidine groups is 1. The minimum atomic E-state index is 0.186. The maximum Gasteiger partial charge on any atom is 0.477 e. The zero-order valence-electron chi connectivity index (χ0n) is 10.8. The number of phenols is 1. The molecule has 0 saturated carbocycles. The summed E-state index contributed by atoms with van der Waals surface area (Å²) < 4.78 is 2.09. The van der Waals surface area contributed by atoms with Crippen molar-refractivity contribution in [2.75, 3.05) is 0 Å². The van der Waals surface area contributed by atoms with Gasteiger partial charge in [0.25, 0.3) is 0 Å².